The van der Waals surface area contributed by atoms with E-state index in [0.717, 1.165) is 29.7 Å². The first-order valence-corrected chi connectivity index (χ1v) is 7.10. The highest BCUT2D eigenvalue weighted by molar-refractivity contribution is 5.40. The van der Waals surface area contributed by atoms with Crippen LogP contribution >= 0.6 is 0 Å². The predicted molar refractivity (Wildman–Crippen MR) is 84.1 cm³/mol. The smallest absolute Gasteiger partial charge is 0.118 e. The van der Waals surface area contributed by atoms with Crippen LogP contribution in [-0.2, 0) is 12.0 Å². The summed E-state index contributed by atoms with van der Waals surface area (Å²) >= 11 is 0. The van der Waals surface area contributed by atoms with Crippen LogP contribution in [0.4, 0.5) is 0 Å². The van der Waals surface area contributed by atoms with Gasteiger partial charge in [0.2, 0.25) is 0 Å². The molecule has 0 fully saturated rings. The summed E-state index contributed by atoms with van der Waals surface area (Å²) in [4.78, 5) is 0. The minimum absolute atomic E-state index is 0.490. The van der Waals surface area contributed by atoms with Crippen LogP contribution in [-0.4, -0.2) is 7.11 Å². The molecule has 1 unspecified atom stereocenters. The van der Waals surface area contributed by atoms with Crippen molar-refractivity contribution in [1.29, 1.82) is 0 Å². The number of hydrogen-bond donors (Lipinski definition) is 1. The molecule has 106 valence electrons. The summed E-state index contributed by atoms with van der Waals surface area (Å²) in [5, 5.41) is 0. The number of nitrogens with two attached hydrogens (primary N) is 1. The van der Waals surface area contributed by atoms with Crippen molar-refractivity contribution in [1.82, 2.24) is 0 Å². The van der Waals surface area contributed by atoms with Crippen molar-refractivity contribution >= 4 is 0 Å². The normalized spacial score (nSPS) is 13.8. The van der Waals surface area contributed by atoms with Gasteiger partial charge in [-0.1, -0.05) is 49.7 Å². The average molecular weight is 269 g/mol. The Labute approximate surface area is 121 Å². The van der Waals surface area contributed by atoms with Crippen molar-refractivity contribution in [3.63, 3.8) is 0 Å². The Hall–Kier alpha value is -1.80. The van der Waals surface area contributed by atoms with E-state index in [9.17, 15) is 0 Å². The van der Waals surface area contributed by atoms with Gasteiger partial charge in [-0.2, -0.15) is 0 Å². The highest BCUT2D eigenvalue weighted by Gasteiger charge is 2.23. The summed E-state index contributed by atoms with van der Waals surface area (Å²) < 4.78 is 5.20. The molecule has 0 saturated carbocycles. The Bertz CT molecular complexity index is 558. The van der Waals surface area contributed by atoms with E-state index in [-0.39, 0.29) is 0 Å². The SMILES string of the molecule is CCCc1cccc(C(C)(N)c2ccc(OC)cc2)c1. The lowest BCUT2D eigenvalue weighted by molar-refractivity contribution is 0.414. The van der Waals surface area contributed by atoms with Crippen molar-refractivity contribution in [2.45, 2.75) is 32.2 Å². The monoisotopic (exact) mass is 269 g/mol. The van der Waals surface area contributed by atoms with Crippen LogP contribution in [0.1, 0.15) is 37.0 Å². The van der Waals surface area contributed by atoms with E-state index in [1.807, 2.05) is 24.3 Å². The van der Waals surface area contributed by atoms with Gasteiger partial charge in [0.15, 0.2) is 0 Å². The lowest BCUT2D eigenvalue weighted by atomic mass is 9.84. The maximum Gasteiger partial charge on any atom is 0.118 e. The highest BCUT2D eigenvalue weighted by atomic mass is 16.5. The molecule has 2 nitrogen and oxygen atoms in total. The average Bonchev–Trinajstić information content (AvgIpc) is 2.48. The fourth-order valence-corrected chi connectivity index (χ4v) is 2.44. The predicted octanol–water partition coefficient (Wildman–Crippen LogP) is 3.87. The van der Waals surface area contributed by atoms with Gasteiger partial charge in [-0.25, -0.2) is 0 Å². The summed E-state index contributed by atoms with van der Waals surface area (Å²) in [7, 11) is 1.67. The van der Waals surface area contributed by atoms with Crippen LogP contribution in [0.25, 0.3) is 0 Å². The molecule has 2 N–H and O–H groups in total. The van der Waals surface area contributed by atoms with Gasteiger partial charge in [-0.15, -0.1) is 0 Å². The molecule has 0 aromatic heterocycles. The zero-order valence-electron chi connectivity index (χ0n) is 12.5. The fraction of sp³-hybridized carbons (Fsp3) is 0.333. The van der Waals surface area contributed by atoms with E-state index >= 15 is 0 Å². The summed E-state index contributed by atoms with van der Waals surface area (Å²) in [6, 6.07) is 16.5. The fourth-order valence-electron chi connectivity index (χ4n) is 2.44. The third kappa shape index (κ3) is 3.02. The van der Waals surface area contributed by atoms with Crippen LogP contribution in [0.2, 0.25) is 0 Å². The molecule has 0 heterocycles. The lowest BCUT2D eigenvalue weighted by Crippen LogP contribution is -2.34. The van der Waals surface area contributed by atoms with E-state index in [2.05, 4.69) is 38.1 Å². The van der Waals surface area contributed by atoms with Crippen molar-refractivity contribution in [3.05, 3.63) is 65.2 Å². The quantitative estimate of drug-likeness (QED) is 0.894. The van der Waals surface area contributed by atoms with Crippen molar-refractivity contribution in [2.24, 2.45) is 5.73 Å². The second kappa shape index (κ2) is 6.10. The van der Waals surface area contributed by atoms with Gasteiger partial charge in [0, 0.05) is 0 Å². The molecule has 0 aliphatic carbocycles. The Kier molecular flexibility index (Phi) is 4.46. The van der Waals surface area contributed by atoms with E-state index in [1.54, 1.807) is 7.11 Å². The molecule has 2 aromatic carbocycles. The van der Waals surface area contributed by atoms with Crippen LogP contribution < -0.4 is 10.5 Å². The summed E-state index contributed by atoms with van der Waals surface area (Å²) in [6.45, 7) is 4.25. The van der Waals surface area contributed by atoms with Crippen LogP contribution in [0.5, 0.6) is 5.75 Å². The topological polar surface area (TPSA) is 35.2 Å². The second-order valence-electron chi connectivity index (χ2n) is 5.38. The van der Waals surface area contributed by atoms with E-state index in [0.29, 0.717) is 0 Å². The third-order valence-corrected chi connectivity index (χ3v) is 3.76. The molecule has 2 heteroatoms. The van der Waals surface area contributed by atoms with Crippen LogP contribution in [0, 0.1) is 0 Å². The molecular formula is C18H23NO. The van der Waals surface area contributed by atoms with Crippen molar-refractivity contribution in [2.75, 3.05) is 7.11 Å². The molecule has 0 saturated heterocycles. The van der Waals surface area contributed by atoms with Gasteiger partial charge in [0.25, 0.3) is 0 Å². The number of ether oxygens (including phenoxy) is 1. The third-order valence-electron chi connectivity index (χ3n) is 3.76. The molecule has 0 bridgehead atoms. The maximum atomic E-state index is 6.58. The summed E-state index contributed by atoms with van der Waals surface area (Å²) in [6.07, 6.45) is 2.24. The molecule has 2 aromatic rings. The van der Waals surface area contributed by atoms with Crippen molar-refractivity contribution in [3.8, 4) is 5.75 Å². The zero-order chi connectivity index (χ0) is 14.6. The molecule has 0 radical (unpaired) electrons. The first-order chi connectivity index (χ1) is 9.57. The lowest BCUT2D eigenvalue weighted by Gasteiger charge is -2.26. The molecule has 2 rings (SSSR count). The molecule has 0 aliphatic heterocycles. The number of methoxy groups -OCH3 is 1. The Morgan fingerprint density at radius 1 is 1.05 bits per heavy atom. The Morgan fingerprint density at radius 2 is 1.75 bits per heavy atom. The number of benzene rings is 2. The van der Waals surface area contributed by atoms with E-state index in [1.165, 1.54) is 5.56 Å². The Balaban J connectivity index is 2.34. The molecule has 0 aliphatic rings. The highest BCUT2D eigenvalue weighted by Crippen LogP contribution is 2.28. The van der Waals surface area contributed by atoms with Gasteiger partial charge >= 0.3 is 0 Å². The molecule has 0 amide bonds. The minimum atomic E-state index is -0.490. The van der Waals surface area contributed by atoms with E-state index < -0.39 is 5.54 Å². The minimum Gasteiger partial charge on any atom is -0.497 e. The van der Waals surface area contributed by atoms with Crippen LogP contribution in [0.3, 0.4) is 0 Å². The zero-order valence-corrected chi connectivity index (χ0v) is 12.5. The maximum absolute atomic E-state index is 6.58. The largest absolute Gasteiger partial charge is 0.497 e. The Morgan fingerprint density at radius 3 is 2.35 bits per heavy atom. The van der Waals surface area contributed by atoms with E-state index in [4.69, 9.17) is 10.5 Å². The van der Waals surface area contributed by atoms with Gasteiger partial charge in [0.1, 0.15) is 5.75 Å². The first-order valence-electron chi connectivity index (χ1n) is 7.10. The number of rotatable bonds is 5. The van der Waals surface area contributed by atoms with Gasteiger partial charge in [-0.05, 0) is 42.2 Å². The summed E-state index contributed by atoms with van der Waals surface area (Å²) in [5.74, 6) is 0.851. The van der Waals surface area contributed by atoms with Gasteiger partial charge in [0.05, 0.1) is 12.6 Å². The second-order valence-corrected chi connectivity index (χ2v) is 5.38. The standard InChI is InChI=1S/C18H23NO/c1-4-6-14-7-5-8-16(13-14)18(2,19)15-9-11-17(20-3)12-10-15/h5,7-13H,4,6,19H2,1-3H3. The summed E-state index contributed by atoms with van der Waals surface area (Å²) in [5.41, 5.74) is 9.66. The van der Waals surface area contributed by atoms with Crippen LogP contribution in [0.15, 0.2) is 48.5 Å². The molecular weight excluding hydrogens is 246 g/mol. The first kappa shape index (κ1) is 14.6. The molecule has 1 atom stereocenters. The van der Waals surface area contributed by atoms with Crippen molar-refractivity contribution < 1.29 is 4.74 Å². The molecule has 20 heavy (non-hydrogen) atoms. The molecule has 0 spiro atoms. The number of aryl methyl sites for hydroxylation is 1. The van der Waals surface area contributed by atoms with Gasteiger partial charge < -0.3 is 10.5 Å². The number of hydrogen-bond acceptors (Lipinski definition) is 2. The van der Waals surface area contributed by atoms with Gasteiger partial charge in [-0.3, -0.25) is 0 Å².